The van der Waals surface area contributed by atoms with Gasteiger partial charge in [0.15, 0.2) is 0 Å². The first-order chi connectivity index (χ1) is 7.15. The molecule has 84 valence electrons. The molecule has 1 aliphatic carbocycles. The van der Waals surface area contributed by atoms with Crippen LogP contribution in [0.3, 0.4) is 0 Å². The molecule has 2 N–H and O–H groups in total. The predicted molar refractivity (Wildman–Crippen MR) is 53.4 cm³/mol. The number of hydrogen-bond donors (Lipinski definition) is 2. The van der Waals surface area contributed by atoms with Crippen molar-refractivity contribution in [3.63, 3.8) is 0 Å². The average molecular weight is 213 g/mol. The van der Waals surface area contributed by atoms with Crippen LogP contribution < -0.4 is 5.32 Å². The summed E-state index contributed by atoms with van der Waals surface area (Å²) in [4.78, 5) is 22.0. The molecule has 1 saturated carbocycles. The van der Waals surface area contributed by atoms with Crippen LogP contribution in [0, 0.1) is 5.92 Å². The fourth-order valence-electron chi connectivity index (χ4n) is 1.76. The highest BCUT2D eigenvalue weighted by molar-refractivity contribution is 5.74. The highest BCUT2D eigenvalue weighted by Gasteiger charge is 2.34. The van der Waals surface area contributed by atoms with Gasteiger partial charge in [-0.15, -0.1) is 0 Å². The minimum absolute atomic E-state index is 0.135. The summed E-state index contributed by atoms with van der Waals surface area (Å²) in [6.07, 6.45) is 3.02. The number of carbonyl (C=O) groups excluding carboxylic acids is 1. The highest BCUT2D eigenvalue weighted by atomic mass is 16.5. The maximum atomic E-state index is 11.2. The minimum Gasteiger partial charge on any atom is -0.481 e. The fourth-order valence-corrected chi connectivity index (χ4v) is 1.76. The molecule has 0 aromatic heterocycles. The van der Waals surface area contributed by atoms with Crippen LogP contribution >= 0.6 is 0 Å². The molecule has 0 spiro atoms. The van der Waals surface area contributed by atoms with Crippen molar-refractivity contribution in [2.24, 2.45) is 5.92 Å². The molecular formula is C10H15NO4. The Balaban J connectivity index is 2.39. The molecule has 5 heteroatoms. The zero-order valence-corrected chi connectivity index (χ0v) is 8.44. The van der Waals surface area contributed by atoms with Crippen LogP contribution in [-0.2, 0) is 9.53 Å². The smallest absolute Gasteiger partial charge is 0.407 e. The summed E-state index contributed by atoms with van der Waals surface area (Å²) in [6, 6.07) is -0.306. The normalized spacial score (nSPS) is 24.5. The van der Waals surface area contributed by atoms with E-state index in [-0.39, 0.29) is 12.6 Å². The highest BCUT2D eigenvalue weighted by Crippen LogP contribution is 2.25. The molecule has 1 aliphatic rings. The molecule has 0 unspecified atom stereocenters. The predicted octanol–water partition coefficient (Wildman–Crippen LogP) is 1.15. The summed E-state index contributed by atoms with van der Waals surface area (Å²) in [5.41, 5.74) is 0. The number of carbonyl (C=O) groups is 2. The van der Waals surface area contributed by atoms with E-state index in [0.717, 1.165) is 6.42 Å². The van der Waals surface area contributed by atoms with Gasteiger partial charge in [0.05, 0.1) is 5.92 Å². The van der Waals surface area contributed by atoms with Crippen LogP contribution in [0.5, 0.6) is 0 Å². The minimum atomic E-state index is -0.860. The molecule has 1 fully saturated rings. The summed E-state index contributed by atoms with van der Waals surface area (Å²) in [5.74, 6) is -1.34. The van der Waals surface area contributed by atoms with Gasteiger partial charge in [0, 0.05) is 6.04 Å². The molecule has 0 aromatic rings. The Morgan fingerprint density at radius 3 is 2.87 bits per heavy atom. The monoisotopic (exact) mass is 213 g/mol. The van der Waals surface area contributed by atoms with E-state index in [9.17, 15) is 9.59 Å². The Kier molecular flexibility index (Phi) is 4.15. The zero-order chi connectivity index (χ0) is 11.3. The largest absolute Gasteiger partial charge is 0.481 e. The second kappa shape index (κ2) is 5.38. The van der Waals surface area contributed by atoms with Gasteiger partial charge < -0.3 is 15.2 Å². The lowest BCUT2D eigenvalue weighted by molar-refractivity contribution is -0.142. The second-order valence-electron chi connectivity index (χ2n) is 3.51. The van der Waals surface area contributed by atoms with E-state index in [1.807, 2.05) is 0 Å². The molecule has 0 bridgehead atoms. The number of carboxylic acids is 1. The van der Waals surface area contributed by atoms with E-state index in [0.29, 0.717) is 12.8 Å². The summed E-state index contributed by atoms with van der Waals surface area (Å²) >= 11 is 0. The second-order valence-corrected chi connectivity index (χ2v) is 3.51. The van der Waals surface area contributed by atoms with Crippen molar-refractivity contribution in [1.82, 2.24) is 5.32 Å². The van der Waals surface area contributed by atoms with Gasteiger partial charge in [-0.3, -0.25) is 4.79 Å². The van der Waals surface area contributed by atoms with E-state index in [4.69, 9.17) is 9.84 Å². The molecule has 2 atom stereocenters. The van der Waals surface area contributed by atoms with E-state index >= 15 is 0 Å². The molecule has 1 amide bonds. The SMILES string of the molecule is C=CCOC(=O)N[C@H]1CCC[C@H]1C(=O)O. The molecule has 5 nitrogen and oxygen atoms in total. The summed E-state index contributed by atoms with van der Waals surface area (Å²) in [5, 5.41) is 11.4. The molecule has 0 saturated heterocycles. The van der Waals surface area contributed by atoms with Crippen molar-refractivity contribution in [2.75, 3.05) is 6.61 Å². The summed E-state index contributed by atoms with van der Waals surface area (Å²) < 4.78 is 4.72. The number of nitrogens with one attached hydrogen (secondary N) is 1. The van der Waals surface area contributed by atoms with E-state index in [2.05, 4.69) is 11.9 Å². The number of rotatable bonds is 4. The standard InChI is InChI=1S/C10H15NO4/c1-2-6-15-10(14)11-8-5-3-4-7(8)9(12)13/h2,7-8H,1,3-6H2,(H,11,14)(H,12,13)/t7-,8+/m1/s1. The third-order valence-corrected chi connectivity index (χ3v) is 2.47. The topological polar surface area (TPSA) is 75.6 Å². The Hall–Kier alpha value is -1.52. The van der Waals surface area contributed by atoms with Crippen LogP contribution in [0.25, 0.3) is 0 Å². The van der Waals surface area contributed by atoms with Gasteiger partial charge in [-0.05, 0) is 12.8 Å². The van der Waals surface area contributed by atoms with Gasteiger partial charge in [-0.2, -0.15) is 0 Å². The first-order valence-electron chi connectivity index (χ1n) is 4.92. The summed E-state index contributed by atoms with van der Waals surface area (Å²) in [7, 11) is 0. The van der Waals surface area contributed by atoms with E-state index in [1.54, 1.807) is 0 Å². The molecule has 15 heavy (non-hydrogen) atoms. The molecule has 0 aromatic carbocycles. The van der Waals surface area contributed by atoms with Gasteiger partial charge in [-0.25, -0.2) is 4.79 Å². The molecular weight excluding hydrogens is 198 g/mol. The quantitative estimate of drug-likeness (QED) is 0.687. The average Bonchev–Trinajstić information content (AvgIpc) is 2.62. The van der Waals surface area contributed by atoms with Crippen LogP contribution in [0.15, 0.2) is 12.7 Å². The number of aliphatic carboxylic acids is 1. The third kappa shape index (κ3) is 3.27. The lowest BCUT2D eigenvalue weighted by Crippen LogP contribution is -2.40. The zero-order valence-electron chi connectivity index (χ0n) is 8.44. The molecule has 0 heterocycles. The van der Waals surface area contributed by atoms with Gasteiger partial charge in [-0.1, -0.05) is 19.1 Å². The Labute approximate surface area is 88.1 Å². The fraction of sp³-hybridized carbons (Fsp3) is 0.600. The van der Waals surface area contributed by atoms with Crippen molar-refractivity contribution < 1.29 is 19.4 Å². The van der Waals surface area contributed by atoms with Gasteiger partial charge in [0.2, 0.25) is 0 Å². The van der Waals surface area contributed by atoms with Crippen molar-refractivity contribution in [1.29, 1.82) is 0 Å². The van der Waals surface area contributed by atoms with E-state index in [1.165, 1.54) is 6.08 Å². The summed E-state index contributed by atoms with van der Waals surface area (Å²) in [6.45, 7) is 3.54. The first-order valence-corrected chi connectivity index (χ1v) is 4.92. The molecule has 0 radical (unpaired) electrons. The third-order valence-electron chi connectivity index (χ3n) is 2.47. The first kappa shape index (κ1) is 11.6. The maximum Gasteiger partial charge on any atom is 0.407 e. The van der Waals surface area contributed by atoms with Crippen molar-refractivity contribution in [3.8, 4) is 0 Å². The Bertz CT molecular complexity index is 264. The van der Waals surface area contributed by atoms with Crippen molar-refractivity contribution in [2.45, 2.75) is 25.3 Å². The van der Waals surface area contributed by atoms with Gasteiger partial charge in [0.1, 0.15) is 6.61 Å². The lowest BCUT2D eigenvalue weighted by Gasteiger charge is -2.16. The number of hydrogen-bond acceptors (Lipinski definition) is 3. The Morgan fingerprint density at radius 1 is 1.53 bits per heavy atom. The van der Waals surface area contributed by atoms with Crippen LogP contribution in [-0.4, -0.2) is 29.8 Å². The number of carboxylic acid groups (broad SMARTS) is 1. The van der Waals surface area contributed by atoms with Gasteiger partial charge >= 0.3 is 12.1 Å². The van der Waals surface area contributed by atoms with Crippen molar-refractivity contribution in [3.05, 3.63) is 12.7 Å². The van der Waals surface area contributed by atoms with Crippen molar-refractivity contribution >= 4 is 12.1 Å². The van der Waals surface area contributed by atoms with Crippen LogP contribution in [0.1, 0.15) is 19.3 Å². The number of ether oxygens (including phenoxy) is 1. The van der Waals surface area contributed by atoms with Crippen LogP contribution in [0.2, 0.25) is 0 Å². The molecule has 0 aliphatic heterocycles. The number of amides is 1. The Morgan fingerprint density at radius 2 is 2.27 bits per heavy atom. The lowest BCUT2D eigenvalue weighted by atomic mass is 10.0. The molecule has 1 rings (SSSR count). The van der Waals surface area contributed by atoms with Crippen LogP contribution in [0.4, 0.5) is 4.79 Å². The van der Waals surface area contributed by atoms with Gasteiger partial charge in [0.25, 0.3) is 0 Å². The van der Waals surface area contributed by atoms with E-state index < -0.39 is 18.0 Å². The number of alkyl carbamates (subject to hydrolysis) is 1. The maximum absolute atomic E-state index is 11.2.